The van der Waals surface area contributed by atoms with Gasteiger partial charge in [0, 0.05) is 26.6 Å². The van der Waals surface area contributed by atoms with Gasteiger partial charge in [0.15, 0.2) is 0 Å². The van der Waals surface area contributed by atoms with Crippen LogP contribution in [0.25, 0.3) is 0 Å². The van der Waals surface area contributed by atoms with Crippen LogP contribution in [0.2, 0.25) is 0 Å². The summed E-state index contributed by atoms with van der Waals surface area (Å²) in [5, 5.41) is 0. The number of hydrogen-bond acceptors (Lipinski definition) is 4. The van der Waals surface area contributed by atoms with E-state index in [1.807, 2.05) is 0 Å². The molecule has 0 bridgehead atoms. The lowest BCUT2D eigenvalue weighted by Gasteiger charge is -2.20. The number of esters is 1. The van der Waals surface area contributed by atoms with Gasteiger partial charge in [-0.1, -0.05) is 6.08 Å². The third-order valence-corrected chi connectivity index (χ3v) is 2.12. The number of nitrogens with zero attached hydrogens (tertiary/aromatic N) is 1. The van der Waals surface area contributed by atoms with Crippen LogP contribution in [-0.2, 0) is 19.1 Å². The summed E-state index contributed by atoms with van der Waals surface area (Å²) in [5.41, 5.74) is 0. The van der Waals surface area contributed by atoms with Crippen LogP contribution in [0.1, 0.15) is 19.8 Å². The van der Waals surface area contributed by atoms with Gasteiger partial charge in [-0.3, -0.25) is 9.59 Å². The third kappa shape index (κ3) is 7.52. The van der Waals surface area contributed by atoms with Gasteiger partial charge in [-0.15, -0.1) is 6.58 Å². The summed E-state index contributed by atoms with van der Waals surface area (Å²) in [4.78, 5) is 24.5. The zero-order valence-corrected chi connectivity index (χ0v) is 10.6. The van der Waals surface area contributed by atoms with Crippen molar-refractivity contribution in [3.8, 4) is 0 Å². The molecule has 0 fully saturated rings. The van der Waals surface area contributed by atoms with Crippen molar-refractivity contribution in [2.24, 2.45) is 0 Å². The smallest absolute Gasteiger partial charge is 0.306 e. The first kappa shape index (κ1) is 15.6. The van der Waals surface area contributed by atoms with E-state index in [1.165, 1.54) is 0 Å². The van der Waals surface area contributed by atoms with Crippen LogP contribution in [-0.4, -0.2) is 50.2 Å². The highest BCUT2D eigenvalue weighted by Gasteiger charge is 2.13. The summed E-state index contributed by atoms with van der Waals surface area (Å²) in [6, 6.07) is 0. The quantitative estimate of drug-likeness (QED) is 0.447. The van der Waals surface area contributed by atoms with Gasteiger partial charge < -0.3 is 14.4 Å². The fraction of sp³-hybridized carbons (Fsp3) is 0.667. The highest BCUT2D eigenvalue weighted by Crippen LogP contribution is 2.00. The van der Waals surface area contributed by atoms with Crippen molar-refractivity contribution >= 4 is 11.9 Å². The summed E-state index contributed by atoms with van der Waals surface area (Å²) in [6.07, 6.45) is 1.93. The Labute approximate surface area is 102 Å². The second-order valence-corrected chi connectivity index (χ2v) is 3.43. The number of carbonyl (C=O) groups excluding carboxylic acids is 2. The van der Waals surface area contributed by atoms with E-state index in [4.69, 9.17) is 9.47 Å². The molecule has 0 aromatic rings. The molecular weight excluding hydrogens is 222 g/mol. The molecule has 0 saturated carbocycles. The lowest BCUT2D eigenvalue weighted by Crippen LogP contribution is -2.34. The molecule has 0 aliphatic rings. The van der Waals surface area contributed by atoms with Crippen LogP contribution < -0.4 is 0 Å². The lowest BCUT2D eigenvalue weighted by atomic mass is 10.2. The number of methoxy groups -OCH3 is 1. The Bertz CT molecular complexity index is 253. The molecule has 17 heavy (non-hydrogen) atoms. The molecule has 0 spiro atoms. The predicted molar refractivity (Wildman–Crippen MR) is 64.5 cm³/mol. The summed E-state index contributed by atoms with van der Waals surface area (Å²) in [7, 11) is 1.58. The van der Waals surface area contributed by atoms with Crippen LogP contribution in [0, 0.1) is 0 Å². The highest BCUT2D eigenvalue weighted by atomic mass is 16.5. The Morgan fingerprint density at radius 1 is 1.35 bits per heavy atom. The molecule has 0 unspecified atom stereocenters. The molecule has 98 valence electrons. The van der Waals surface area contributed by atoms with Crippen molar-refractivity contribution in [1.29, 1.82) is 0 Å². The molecule has 5 heteroatoms. The van der Waals surface area contributed by atoms with Gasteiger partial charge in [0.1, 0.15) is 0 Å². The van der Waals surface area contributed by atoms with Gasteiger partial charge in [-0.25, -0.2) is 0 Å². The normalized spacial score (nSPS) is 9.76. The maximum atomic E-state index is 11.8. The first-order valence-electron chi connectivity index (χ1n) is 5.68. The molecule has 5 nitrogen and oxygen atoms in total. The number of hydrogen-bond donors (Lipinski definition) is 0. The van der Waals surface area contributed by atoms with Crippen molar-refractivity contribution in [2.45, 2.75) is 19.8 Å². The number of carbonyl (C=O) groups is 2. The van der Waals surface area contributed by atoms with Crippen LogP contribution >= 0.6 is 0 Å². The Balaban J connectivity index is 4.03. The Kier molecular flexibility index (Phi) is 9.05. The van der Waals surface area contributed by atoms with E-state index >= 15 is 0 Å². The Hall–Kier alpha value is -1.36. The van der Waals surface area contributed by atoms with E-state index in [0.717, 1.165) is 0 Å². The van der Waals surface area contributed by atoms with Gasteiger partial charge in [0.25, 0.3) is 0 Å². The van der Waals surface area contributed by atoms with Crippen LogP contribution in [0.5, 0.6) is 0 Å². The van der Waals surface area contributed by atoms with E-state index in [-0.39, 0.29) is 24.7 Å². The minimum absolute atomic E-state index is 0.0880. The van der Waals surface area contributed by atoms with Crippen molar-refractivity contribution in [3.05, 3.63) is 12.7 Å². The van der Waals surface area contributed by atoms with Crippen LogP contribution in [0.3, 0.4) is 0 Å². The summed E-state index contributed by atoms with van der Waals surface area (Å²) >= 11 is 0. The maximum Gasteiger partial charge on any atom is 0.306 e. The van der Waals surface area contributed by atoms with E-state index < -0.39 is 0 Å². The van der Waals surface area contributed by atoms with Crippen LogP contribution in [0.15, 0.2) is 12.7 Å². The van der Waals surface area contributed by atoms with Gasteiger partial charge in [0.2, 0.25) is 5.91 Å². The van der Waals surface area contributed by atoms with Gasteiger partial charge >= 0.3 is 5.97 Å². The van der Waals surface area contributed by atoms with Crippen LogP contribution in [0.4, 0.5) is 0 Å². The zero-order valence-electron chi connectivity index (χ0n) is 10.6. The van der Waals surface area contributed by atoms with E-state index in [2.05, 4.69) is 6.58 Å². The average molecular weight is 243 g/mol. The molecule has 0 radical (unpaired) electrons. The fourth-order valence-corrected chi connectivity index (χ4v) is 1.28. The van der Waals surface area contributed by atoms with Gasteiger partial charge in [0.05, 0.1) is 19.6 Å². The SMILES string of the molecule is C=CCN(CCOC)C(=O)CCC(=O)OCC. The minimum Gasteiger partial charge on any atom is -0.466 e. The summed E-state index contributed by atoms with van der Waals surface area (Å²) < 4.78 is 9.67. The third-order valence-electron chi connectivity index (χ3n) is 2.12. The highest BCUT2D eigenvalue weighted by molar-refractivity contribution is 5.81. The molecule has 1 amide bonds. The standard InChI is InChI=1S/C12H21NO4/c1-4-8-13(9-10-16-3)11(14)6-7-12(15)17-5-2/h4H,1,5-10H2,2-3H3. The number of amides is 1. The van der Waals surface area contributed by atoms with Gasteiger partial charge in [-0.05, 0) is 6.92 Å². The molecule has 0 saturated heterocycles. The van der Waals surface area contributed by atoms with E-state index in [9.17, 15) is 9.59 Å². The second-order valence-electron chi connectivity index (χ2n) is 3.43. The average Bonchev–Trinajstić information content (AvgIpc) is 2.32. The van der Waals surface area contributed by atoms with Crippen molar-refractivity contribution in [1.82, 2.24) is 4.90 Å². The molecule has 0 aliphatic carbocycles. The maximum absolute atomic E-state index is 11.8. The molecule has 0 heterocycles. The fourth-order valence-electron chi connectivity index (χ4n) is 1.28. The molecule has 0 aromatic carbocycles. The summed E-state index contributed by atoms with van der Waals surface area (Å²) in [6.45, 7) is 7.11. The Morgan fingerprint density at radius 3 is 2.59 bits per heavy atom. The molecule has 0 N–H and O–H groups in total. The first-order chi connectivity index (χ1) is 8.15. The van der Waals surface area contributed by atoms with Crippen molar-refractivity contribution in [2.75, 3.05) is 33.4 Å². The minimum atomic E-state index is -0.342. The molecule has 0 rings (SSSR count). The monoisotopic (exact) mass is 243 g/mol. The van der Waals surface area contributed by atoms with Crippen molar-refractivity contribution in [3.63, 3.8) is 0 Å². The van der Waals surface area contributed by atoms with Gasteiger partial charge in [-0.2, -0.15) is 0 Å². The molecular formula is C12H21NO4. The largest absolute Gasteiger partial charge is 0.466 e. The second kappa shape index (κ2) is 9.84. The van der Waals surface area contributed by atoms with E-state index in [0.29, 0.717) is 26.3 Å². The molecule has 0 aliphatic heterocycles. The topological polar surface area (TPSA) is 55.8 Å². The number of ether oxygens (including phenoxy) is 2. The predicted octanol–water partition coefficient (Wildman–Crippen LogP) is 0.991. The zero-order chi connectivity index (χ0) is 13.1. The molecule has 0 atom stereocenters. The van der Waals surface area contributed by atoms with Crippen molar-refractivity contribution < 1.29 is 19.1 Å². The van der Waals surface area contributed by atoms with E-state index in [1.54, 1.807) is 25.0 Å². The summed E-state index contributed by atoms with van der Waals surface area (Å²) in [5.74, 6) is -0.429. The lowest BCUT2D eigenvalue weighted by molar-refractivity contribution is -0.145. The number of rotatable bonds is 9. The molecule has 0 aromatic heterocycles. The first-order valence-corrected chi connectivity index (χ1v) is 5.68. The Morgan fingerprint density at radius 2 is 2.06 bits per heavy atom.